The number of carbonyl (C=O) groups excluding carboxylic acids is 1. The Bertz CT molecular complexity index is 1340. The Morgan fingerprint density at radius 1 is 1.06 bits per heavy atom. The molecule has 186 valence electrons. The van der Waals surface area contributed by atoms with Crippen LogP contribution >= 0.6 is 0 Å². The van der Waals surface area contributed by atoms with Crippen LogP contribution in [0, 0.1) is 6.92 Å². The number of hydrogen-bond donors (Lipinski definition) is 2. The second-order valence-electron chi connectivity index (χ2n) is 7.76. The number of pyridine rings is 1. The minimum atomic E-state index is -4.57. The Morgan fingerprint density at radius 2 is 1.74 bits per heavy atom. The SMILES string of the molecule is CCN(C[SH](=O)=O)c1ccc(CNC(=O)c2ccc(C)n(-c3cccc(C(F)(F)F)c3)c2=O)cc1. The lowest BCUT2D eigenvalue weighted by Crippen LogP contribution is -2.33. The Balaban J connectivity index is 1.80. The number of hydrogen-bond acceptors (Lipinski definition) is 5. The molecule has 0 atom stereocenters. The van der Waals surface area contributed by atoms with Crippen molar-refractivity contribution in [3.63, 3.8) is 0 Å². The van der Waals surface area contributed by atoms with Crippen molar-refractivity contribution in [2.45, 2.75) is 26.6 Å². The van der Waals surface area contributed by atoms with E-state index in [1.165, 1.54) is 24.3 Å². The van der Waals surface area contributed by atoms with E-state index in [0.717, 1.165) is 22.3 Å². The van der Waals surface area contributed by atoms with Gasteiger partial charge < -0.3 is 10.2 Å². The van der Waals surface area contributed by atoms with Gasteiger partial charge in [-0.1, -0.05) is 18.2 Å². The van der Waals surface area contributed by atoms with Crippen molar-refractivity contribution in [2.24, 2.45) is 0 Å². The second-order valence-corrected chi connectivity index (χ2v) is 8.70. The van der Waals surface area contributed by atoms with Gasteiger partial charge in [-0.3, -0.25) is 14.2 Å². The largest absolute Gasteiger partial charge is 0.416 e. The number of halogens is 3. The number of nitrogens with zero attached hydrogens (tertiary/aromatic N) is 2. The molecule has 35 heavy (non-hydrogen) atoms. The number of rotatable bonds is 8. The van der Waals surface area contributed by atoms with E-state index in [-0.39, 0.29) is 23.7 Å². The molecule has 3 aromatic rings. The minimum Gasteiger partial charge on any atom is -0.358 e. The molecule has 11 heteroatoms. The predicted octanol–water partition coefficient (Wildman–Crippen LogP) is 3.49. The van der Waals surface area contributed by atoms with Crippen LogP contribution in [0.4, 0.5) is 18.9 Å². The molecule has 0 spiro atoms. The van der Waals surface area contributed by atoms with Crippen molar-refractivity contribution in [3.05, 3.63) is 93.4 Å². The molecule has 1 N–H and O–H groups in total. The van der Waals surface area contributed by atoms with E-state index in [4.69, 9.17) is 0 Å². The van der Waals surface area contributed by atoms with E-state index < -0.39 is 33.9 Å². The fourth-order valence-corrected chi connectivity index (χ4v) is 4.19. The highest BCUT2D eigenvalue weighted by Gasteiger charge is 2.30. The Labute approximate surface area is 201 Å². The van der Waals surface area contributed by atoms with Crippen LogP contribution in [0.5, 0.6) is 0 Å². The third kappa shape index (κ3) is 6.30. The quantitative estimate of drug-likeness (QED) is 0.456. The average molecular weight is 508 g/mol. The number of aryl methyl sites for hydroxylation is 1. The van der Waals surface area contributed by atoms with Crippen LogP contribution in [-0.4, -0.2) is 31.3 Å². The Kier molecular flexibility index (Phi) is 8.00. The summed E-state index contributed by atoms with van der Waals surface area (Å²) in [6.45, 7) is 4.00. The maximum Gasteiger partial charge on any atom is 0.416 e. The molecule has 1 heterocycles. The molecule has 2 aromatic carbocycles. The lowest BCUT2D eigenvalue weighted by molar-refractivity contribution is -0.137. The van der Waals surface area contributed by atoms with E-state index >= 15 is 0 Å². The van der Waals surface area contributed by atoms with E-state index in [9.17, 15) is 31.2 Å². The van der Waals surface area contributed by atoms with Gasteiger partial charge in [0.1, 0.15) is 11.4 Å². The maximum absolute atomic E-state index is 13.1. The number of anilines is 1. The number of aromatic nitrogens is 1. The third-order valence-electron chi connectivity index (χ3n) is 5.38. The number of carbonyl (C=O) groups is 1. The fourth-order valence-electron chi connectivity index (χ4n) is 3.55. The van der Waals surface area contributed by atoms with Crippen LogP contribution in [0.15, 0.2) is 65.5 Å². The van der Waals surface area contributed by atoms with Crippen molar-refractivity contribution < 1.29 is 26.4 Å². The zero-order chi connectivity index (χ0) is 25.8. The van der Waals surface area contributed by atoms with E-state index in [0.29, 0.717) is 17.9 Å². The molecule has 1 amide bonds. The molecule has 0 unspecified atom stereocenters. The summed E-state index contributed by atoms with van der Waals surface area (Å²) < 4.78 is 62.5. The molecular formula is C24H24F3N3O4S. The lowest BCUT2D eigenvalue weighted by Gasteiger charge is -2.20. The maximum atomic E-state index is 13.1. The molecule has 0 bridgehead atoms. The van der Waals surface area contributed by atoms with Gasteiger partial charge >= 0.3 is 6.18 Å². The first kappa shape index (κ1) is 26.0. The van der Waals surface area contributed by atoms with E-state index in [1.54, 1.807) is 36.1 Å². The van der Waals surface area contributed by atoms with Crippen molar-refractivity contribution >= 4 is 22.3 Å². The van der Waals surface area contributed by atoms with Crippen molar-refractivity contribution in [3.8, 4) is 5.69 Å². The monoisotopic (exact) mass is 507 g/mol. The van der Waals surface area contributed by atoms with Crippen LogP contribution in [0.3, 0.4) is 0 Å². The summed E-state index contributed by atoms with van der Waals surface area (Å²) in [7, 11) is -2.57. The second kappa shape index (κ2) is 10.8. The summed E-state index contributed by atoms with van der Waals surface area (Å²) in [4.78, 5) is 27.4. The topological polar surface area (TPSA) is 88.5 Å². The highest BCUT2D eigenvalue weighted by atomic mass is 32.2. The van der Waals surface area contributed by atoms with E-state index in [2.05, 4.69) is 5.32 Å². The normalized spacial score (nSPS) is 11.5. The smallest absolute Gasteiger partial charge is 0.358 e. The summed E-state index contributed by atoms with van der Waals surface area (Å²) in [5.74, 6) is -0.772. The summed E-state index contributed by atoms with van der Waals surface area (Å²) in [6.07, 6.45) is -4.57. The highest BCUT2D eigenvalue weighted by molar-refractivity contribution is 7.72. The molecule has 0 saturated carbocycles. The van der Waals surface area contributed by atoms with Crippen LogP contribution in [0.25, 0.3) is 5.69 Å². The predicted molar refractivity (Wildman–Crippen MR) is 128 cm³/mol. The summed E-state index contributed by atoms with van der Waals surface area (Å²) in [5.41, 5.74) is -0.0271. The zero-order valence-electron chi connectivity index (χ0n) is 19.0. The average Bonchev–Trinajstić information content (AvgIpc) is 2.81. The molecule has 0 aliphatic carbocycles. The Morgan fingerprint density at radius 3 is 2.34 bits per heavy atom. The van der Waals surface area contributed by atoms with Crippen molar-refractivity contribution in [1.82, 2.24) is 9.88 Å². The molecule has 0 saturated heterocycles. The minimum absolute atomic E-state index is 0.00729. The summed E-state index contributed by atoms with van der Waals surface area (Å²) >= 11 is 0. The zero-order valence-corrected chi connectivity index (χ0v) is 19.9. The number of thiol groups is 1. The van der Waals surface area contributed by atoms with Gasteiger partial charge in [0, 0.05) is 30.2 Å². The molecule has 1 aromatic heterocycles. The number of nitrogens with one attached hydrogen (secondary N) is 1. The molecule has 0 radical (unpaired) electrons. The van der Waals surface area contributed by atoms with Gasteiger partial charge in [-0.25, -0.2) is 8.42 Å². The number of benzene rings is 2. The lowest BCUT2D eigenvalue weighted by atomic mass is 10.1. The number of alkyl halides is 3. The van der Waals surface area contributed by atoms with Crippen LogP contribution in [-0.2, 0) is 23.4 Å². The van der Waals surface area contributed by atoms with Gasteiger partial charge in [0.15, 0.2) is 10.7 Å². The van der Waals surface area contributed by atoms with Gasteiger partial charge in [0.2, 0.25) is 0 Å². The van der Waals surface area contributed by atoms with Gasteiger partial charge in [0.25, 0.3) is 11.5 Å². The molecule has 0 fully saturated rings. The first-order valence-electron chi connectivity index (χ1n) is 10.7. The first-order chi connectivity index (χ1) is 16.5. The molecule has 7 nitrogen and oxygen atoms in total. The molecule has 0 aliphatic rings. The van der Waals surface area contributed by atoms with Crippen LogP contribution in [0.2, 0.25) is 0 Å². The summed E-state index contributed by atoms with van der Waals surface area (Å²) in [6, 6.07) is 14.1. The third-order valence-corrected chi connectivity index (χ3v) is 5.95. The number of amides is 1. The van der Waals surface area contributed by atoms with Crippen LogP contribution in [0.1, 0.15) is 34.1 Å². The fraction of sp³-hybridized carbons (Fsp3) is 0.250. The van der Waals surface area contributed by atoms with Gasteiger partial charge in [-0.15, -0.1) is 0 Å². The highest BCUT2D eigenvalue weighted by Crippen LogP contribution is 2.30. The van der Waals surface area contributed by atoms with E-state index in [1.807, 2.05) is 6.92 Å². The first-order valence-corrected chi connectivity index (χ1v) is 12.0. The molecule has 0 aliphatic heterocycles. The molecule has 3 rings (SSSR count). The van der Waals surface area contributed by atoms with Crippen LogP contribution < -0.4 is 15.8 Å². The van der Waals surface area contributed by atoms with Gasteiger partial charge in [-0.05, 0) is 61.9 Å². The standard InChI is InChI=1S/C24H24F3N3O4S/c1-3-29(15-35(33)34)19-10-8-17(9-11-19)14-28-22(31)21-12-7-16(2)30(23(21)32)20-6-4-5-18(13-20)24(25,26)27/h4-13,35H,3,14-15H2,1-2H3,(H,28,31). The molecular weight excluding hydrogens is 483 g/mol. The summed E-state index contributed by atoms with van der Waals surface area (Å²) in [5, 5.41) is 2.64. The van der Waals surface area contributed by atoms with Gasteiger partial charge in [0.05, 0.1) is 5.56 Å². The Hall–Kier alpha value is -3.60. The van der Waals surface area contributed by atoms with Crippen molar-refractivity contribution in [1.29, 1.82) is 0 Å². The van der Waals surface area contributed by atoms with Gasteiger partial charge in [-0.2, -0.15) is 13.2 Å². The van der Waals surface area contributed by atoms with Crippen molar-refractivity contribution in [2.75, 3.05) is 17.3 Å².